The van der Waals surface area contributed by atoms with Crippen LogP contribution in [0.25, 0.3) is 10.7 Å². The fourth-order valence-electron chi connectivity index (χ4n) is 2.70. The monoisotopic (exact) mass is 393 g/mol. The number of amides is 2. The topological polar surface area (TPSA) is 94.1 Å². The molecule has 3 rings (SSSR count). The molecule has 0 atom stereocenters. The maximum absolute atomic E-state index is 12.6. The number of carbonyl (C=O) groups is 2. The summed E-state index contributed by atoms with van der Waals surface area (Å²) >= 11 is 2.83. The molecule has 2 amide bonds. The van der Waals surface area contributed by atoms with E-state index in [1.165, 1.54) is 35.9 Å². The summed E-state index contributed by atoms with van der Waals surface area (Å²) in [6, 6.07) is 3.84. The Balaban J connectivity index is 1.70. The van der Waals surface area contributed by atoms with Gasteiger partial charge in [0.2, 0.25) is 11.8 Å². The molecule has 0 radical (unpaired) electrons. The first-order chi connectivity index (χ1) is 12.6. The molecule has 2 N–H and O–H groups in total. The van der Waals surface area contributed by atoms with Crippen LogP contribution in [0.1, 0.15) is 26.2 Å². The lowest BCUT2D eigenvalue weighted by Crippen LogP contribution is -2.35. The SMILES string of the molecule is CCCN(CC1CC1)C(=O)CSc1nnc(-c2cccs2)n1CC(N)=O. The van der Waals surface area contributed by atoms with E-state index in [0.717, 1.165) is 24.4 Å². The van der Waals surface area contributed by atoms with Gasteiger partial charge in [-0.25, -0.2) is 0 Å². The number of rotatable bonds is 10. The van der Waals surface area contributed by atoms with Gasteiger partial charge in [-0.1, -0.05) is 24.8 Å². The van der Waals surface area contributed by atoms with Crippen molar-refractivity contribution in [3.05, 3.63) is 17.5 Å². The summed E-state index contributed by atoms with van der Waals surface area (Å²) < 4.78 is 1.69. The molecule has 0 saturated heterocycles. The van der Waals surface area contributed by atoms with Crippen LogP contribution in [-0.4, -0.2) is 50.3 Å². The summed E-state index contributed by atoms with van der Waals surface area (Å²) in [4.78, 5) is 26.9. The van der Waals surface area contributed by atoms with Gasteiger partial charge in [-0.05, 0) is 36.6 Å². The minimum atomic E-state index is -0.461. The van der Waals surface area contributed by atoms with E-state index >= 15 is 0 Å². The normalized spacial score (nSPS) is 13.7. The molecule has 0 bridgehead atoms. The Morgan fingerprint density at radius 2 is 2.23 bits per heavy atom. The molecule has 2 aromatic heterocycles. The van der Waals surface area contributed by atoms with Crippen molar-refractivity contribution in [3.63, 3.8) is 0 Å². The molecular formula is C17H23N5O2S2. The van der Waals surface area contributed by atoms with E-state index in [-0.39, 0.29) is 18.2 Å². The standard InChI is InChI=1S/C17H23N5O2S2/c1-2-7-21(9-12-5-6-12)15(24)11-26-17-20-19-16(13-4-3-8-25-13)22(17)10-14(18)23/h3-4,8,12H,2,5-7,9-11H2,1H3,(H2,18,23). The molecule has 2 aromatic rings. The molecule has 9 heteroatoms. The van der Waals surface area contributed by atoms with Crippen molar-refractivity contribution in [2.75, 3.05) is 18.8 Å². The van der Waals surface area contributed by atoms with Crippen LogP contribution >= 0.6 is 23.1 Å². The van der Waals surface area contributed by atoms with E-state index in [0.29, 0.717) is 16.9 Å². The van der Waals surface area contributed by atoms with Crippen LogP contribution in [0.5, 0.6) is 0 Å². The van der Waals surface area contributed by atoms with E-state index < -0.39 is 5.91 Å². The van der Waals surface area contributed by atoms with Gasteiger partial charge in [0.25, 0.3) is 0 Å². The van der Waals surface area contributed by atoms with Gasteiger partial charge >= 0.3 is 0 Å². The van der Waals surface area contributed by atoms with Gasteiger partial charge in [0.05, 0.1) is 10.6 Å². The summed E-state index contributed by atoms with van der Waals surface area (Å²) in [5.74, 6) is 1.21. The highest BCUT2D eigenvalue weighted by Crippen LogP contribution is 2.30. The molecule has 0 aromatic carbocycles. The first-order valence-electron chi connectivity index (χ1n) is 8.74. The van der Waals surface area contributed by atoms with Crippen LogP contribution in [0.3, 0.4) is 0 Å². The number of aromatic nitrogens is 3. The lowest BCUT2D eigenvalue weighted by molar-refractivity contribution is -0.128. The van der Waals surface area contributed by atoms with Gasteiger partial charge in [-0.15, -0.1) is 21.5 Å². The number of nitrogens with zero attached hydrogens (tertiary/aromatic N) is 4. The maximum atomic E-state index is 12.6. The van der Waals surface area contributed by atoms with Crippen molar-refractivity contribution in [1.29, 1.82) is 0 Å². The second kappa shape index (κ2) is 8.68. The van der Waals surface area contributed by atoms with Gasteiger partial charge in [0, 0.05) is 13.1 Å². The van der Waals surface area contributed by atoms with Crippen LogP contribution in [-0.2, 0) is 16.1 Å². The number of hydrogen-bond donors (Lipinski definition) is 1. The Kier molecular flexibility index (Phi) is 6.31. The number of thioether (sulfide) groups is 1. The summed E-state index contributed by atoms with van der Waals surface area (Å²) in [5, 5.41) is 10.9. The second-order valence-corrected chi connectivity index (χ2v) is 8.30. The van der Waals surface area contributed by atoms with Gasteiger partial charge in [-0.2, -0.15) is 0 Å². The molecule has 0 spiro atoms. The Hall–Kier alpha value is -1.87. The fourth-order valence-corrected chi connectivity index (χ4v) is 4.26. The van der Waals surface area contributed by atoms with Crippen LogP contribution in [0, 0.1) is 5.92 Å². The highest BCUT2D eigenvalue weighted by molar-refractivity contribution is 7.99. The quantitative estimate of drug-likeness (QED) is 0.625. The zero-order valence-corrected chi connectivity index (χ0v) is 16.4. The number of primary amides is 1. The predicted molar refractivity (Wildman–Crippen MR) is 103 cm³/mol. The molecule has 1 fully saturated rings. The fraction of sp³-hybridized carbons (Fsp3) is 0.529. The van der Waals surface area contributed by atoms with E-state index in [1.807, 2.05) is 22.4 Å². The van der Waals surface area contributed by atoms with Crippen molar-refractivity contribution in [2.45, 2.75) is 37.9 Å². The Morgan fingerprint density at radius 3 is 2.85 bits per heavy atom. The van der Waals surface area contributed by atoms with Crippen LogP contribution < -0.4 is 5.73 Å². The number of hydrogen-bond acceptors (Lipinski definition) is 6. The molecule has 1 saturated carbocycles. The van der Waals surface area contributed by atoms with Crippen molar-refractivity contribution >= 4 is 34.9 Å². The largest absolute Gasteiger partial charge is 0.368 e. The van der Waals surface area contributed by atoms with Crippen LogP contribution in [0.15, 0.2) is 22.7 Å². The molecule has 26 heavy (non-hydrogen) atoms. The molecule has 0 unspecified atom stereocenters. The van der Waals surface area contributed by atoms with Crippen LogP contribution in [0.2, 0.25) is 0 Å². The summed E-state index contributed by atoms with van der Waals surface area (Å²) in [5.41, 5.74) is 5.38. The molecule has 1 aliphatic rings. The molecule has 0 aliphatic heterocycles. The van der Waals surface area contributed by atoms with Crippen molar-refractivity contribution in [3.8, 4) is 10.7 Å². The van der Waals surface area contributed by atoms with Gasteiger partial charge in [0.1, 0.15) is 6.54 Å². The highest BCUT2D eigenvalue weighted by atomic mass is 32.2. The van der Waals surface area contributed by atoms with E-state index in [1.54, 1.807) is 4.57 Å². The van der Waals surface area contributed by atoms with Gasteiger partial charge < -0.3 is 10.6 Å². The zero-order valence-electron chi connectivity index (χ0n) is 14.8. The lowest BCUT2D eigenvalue weighted by atomic mass is 10.3. The van der Waals surface area contributed by atoms with Crippen molar-refractivity contribution in [2.24, 2.45) is 11.7 Å². The molecule has 2 heterocycles. The number of nitrogens with two attached hydrogens (primary N) is 1. The Morgan fingerprint density at radius 1 is 1.42 bits per heavy atom. The summed E-state index contributed by atoms with van der Waals surface area (Å²) in [6.45, 7) is 3.71. The van der Waals surface area contributed by atoms with Crippen molar-refractivity contribution in [1.82, 2.24) is 19.7 Å². The zero-order chi connectivity index (χ0) is 18.5. The number of carbonyl (C=O) groups excluding carboxylic acids is 2. The van der Waals surface area contributed by atoms with E-state index in [9.17, 15) is 9.59 Å². The summed E-state index contributed by atoms with van der Waals surface area (Å²) in [6.07, 6.45) is 3.39. The molecular weight excluding hydrogens is 370 g/mol. The van der Waals surface area contributed by atoms with Crippen LogP contribution in [0.4, 0.5) is 0 Å². The first-order valence-corrected chi connectivity index (χ1v) is 10.6. The summed E-state index contributed by atoms with van der Waals surface area (Å²) in [7, 11) is 0. The molecule has 7 nitrogen and oxygen atoms in total. The lowest BCUT2D eigenvalue weighted by Gasteiger charge is -2.21. The number of thiophene rings is 1. The maximum Gasteiger partial charge on any atom is 0.237 e. The third-order valence-electron chi connectivity index (χ3n) is 4.12. The van der Waals surface area contributed by atoms with Gasteiger partial charge in [-0.3, -0.25) is 14.2 Å². The van der Waals surface area contributed by atoms with E-state index in [2.05, 4.69) is 17.1 Å². The minimum absolute atomic E-state index is 0.00247. The van der Waals surface area contributed by atoms with E-state index in [4.69, 9.17) is 5.73 Å². The minimum Gasteiger partial charge on any atom is -0.368 e. The first kappa shape index (κ1) is 18.9. The average molecular weight is 394 g/mol. The predicted octanol–water partition coefficient (Wildman–Crippen LogP) is 2.23. The van der Waals surface area contributed by atoms with Crippen molar-refractivity contribution < 1.29 is 9.59 Å². The average Bonchev–Trinajstić information content (AvgIpc) is 3.10. The molecule has 1 aliphatic carbocycles. The van der Waals surface area contributed by atoms with Gasteiger partial charge in [0.15, 0.2) is 11.0 Å². The third kappa shape index (κ3) is 4.85. The highest BCUT2D eigenvalue weighted by Gasteiger charge is 2.27. The third-order valence-corrected chi connectivity index (χ3v) is 5.94. The Labute approximate surface area is 161 Å². The smallest absolute Gasteiger partial charge is 0.237 e. The Bertz CT molecular complexity index is 755. The molecule has 140 valence electrons. The second-order valence-electron chi connectivity index (χ2n) is 6.41.